The maximum Gasteiger partial charge on any atom is 0.321 e. The molecule has 0 bridgehead atoms. The average molecular weight is 377 g/mol. The second-order valence-corrected chi connectivity index (χ2v) is 6.91. The van der Waals surface area contributed by atoms with Crippen molar-refractivity contribution in [2.75, 3.05) is 18.4 Å². The van der Waals surface area contributed by atoms with Crippen LogP contribution in [0.5, 0.6) is 0 Å². The van der Waals surface area contributed by atoms with Gasteiger partial charge in [0.25, 0.3) is 0 Å². The van der Waals surface area contributed by atoms with E-state index in [-0.39, 0.29) is 11.9 Å². The van der Waals surface area contributed by atoms with Gasteiger partial charge in [0.05, 0.1) is 0 Å². The number of nitrogens with one attached hydrogen (secondary N) is 1. The summed E-state index contributed by atoms with van der Waals surface area (Å²) in [7, 11) is 0. The highest BCUT2D eigenvalue weighted by Crippen LogP contribution is 2.29. The molecule has 1 saturated heterocycles. The number of likely N-dealkylation sites (tertiary alicyclic amines) is 1. The lowest BCUT2D eigenvalue weighted by molar-refractivity contribution is 0.187. The van der Waals surface area contributed by atoms with Crippen molar-refractivity contribution in [2.24, 2.45) is 5.73 Å². The zero-order valence-electron chi connectivity index (χ0n) is 15.5. The summed E-state index contributed by atoms with van der Waals surface area (Å²) in [6, 6.07) is 17.3. The fraction of sp³-hybridized carbons (Fsp3) is 0.286. The zero-order valence-corrected chi connectivity index (χ0v) is 15.5. The summed E-state index contributed by atoms with van der Waals surface area (Å²) in [5.74, 6) is 1.40. The lowest BCUT2D eigenvalue weighted by Gasteiger charge is -2.30. The molecular weight excluding hydrogens is 354 g/mol. The highest BCUT2D eigenvalue weighted by atomic mass is 16.5. The van der Waals surface area contributed by atoms with Crippen LogP contribution in [-0.2, 0) is 6.54 Å². The number of nitrogens with two attached hydrogens (primary N) is 1. The SMILES string of the molecule is NCc1ccc(-c2noc(C3CCN(C(=O)Nc4ccccc4)CC3)n2)cc1. The minimum absolute atomic E-state index is 0.0733. The first kappa shape index (κ1) is 18.2. The van der Waals surface area contributed by atoms with E-state index in [1.54, 1.807) is 0 Å². The van der Waals surface area contributed by atoms with Crippen LogP contribution in [0.3, 0.4) is 0 Å². The van der Waals surface area contributed by atoms with E-state index in [4.69, 9.17) is 10.3 Å². The van der Waals surface area contributed by atoms with E-state index < -0.39 is 0 Å². The lowest BCUT2D eigenvalue weighted by atomic mass is 9.97. The van der Waals surface area contributed by atoms with Crippen LogP contribution in [0.25, 0.3) is 11.4 Å². The summed E-state index contributed by atoms with van der Waals surface area (Å²) in [6.45, 7) is 1.83. The number of aromatic nitrogens is 2. The quantitative estimate of drug-likeness (QED) is 0.724. The Morgan fingerprint density at radius 3 is 2.50 bits per heavy atom. The van der Waals surface area contributed by atoms with E-state index in [2.05, 4.69) is 15.5 Å². The first-order chi connectivity index (χ1) is 13.7. The lowest BCUT2D eigenvalue weighted by Crippen LogP contribution is -2.40. The largest absolute Gasteiger partial charge is 0.339 e. The van der Waals surface area contributed by atoms with Gasteiger partial charge in [0.1, 0.15) is 0 Å². The third-order valence-corrected chi connectivity index (χ3v) is 5.05. The Bertz CT molecular complexity index is 915. The number of benzene rings is 2. The number of carbonyl (C=O) groups excluding carboxylic acids is 1. The van der Waals surface area contributed by atoms with Crippen molar-refractivity contribution in [1.29, 1.82) is 0 Å². The van der Waals surface area contributed by atoms with E-state index >= 15 is 0 Å². The molecule has 0 atom stereocenters. The highest BCUT2D eigenvalue weighted by molar-refractivity contribution is 5.89. The van der Waals surface area contributed by atoms with Crippen LogP contribution < -0.4 is 11.1 Å². The van der Waals surface area contributed by atoms with Crippen molar-refractivity contribution >= 4 is 11.7 Å². The van der Waals surface area contributed by atoms with Gasteiger partial charge in [-0.15, -0.1) is 0 Å². The van der Waals surface area contributed by atoms with Crippen LogP contribution >= 0.6 is 0 Å². The molecule has 144 valence electrons. The molecule has 0 unspecified atom stereocenters. The maximum absolute atomic E-state index is 12.4. The number of para-hydroxylation sites is 1. The molecule has 28 heavy (non-hydrogen) atoms. The van der Waals surface area contributed by atoms with Crippen LogP contribution in [0.1, 0.15) is 30.2 Å². The first-order valence-corrected chi connectivity index (χ1v) is 9.47. The Morgan fingerprint density at radius 1 is 1.11 bits per heavy atom. The smallest absolute Gasteiger partial charge is 0.321 e. The molecule has 1 aliphatic rings. The number of urea groups is 1. The van der Waals surface area contributed by atoms with Crippen LogP contribution in [0.2, 0.25) is 0 Å². The number of piperidine rings is 1. The molecule has 2 heterocycles. The molecule has 2 aromatic carbocycles. The molecule has 1 aromatic heterocycles. The maximum atomic E-state index is 12.4. The molecule has 7 heteroatoms. The number of hydrogen-bond acceptors (Lipinski definition) is 5. The molecule has 0 radical (unpaired) electrons. The van der Waals surface area contributed by atoms with Crippen molar-refractivity contribution in [3.63, 3.8) is 0 Å². The van der Waals surface area contributed by atoms with Crippen LogP contribution in [-0.4, -0.2) is 34.2 Å². The van der Waals surface area contributed by atoms with Crippen molar-refractivity contribution in [1.82, 2.24) is 15.0 Å². The Labute approximate surface area is 163 Å². The summed E-state index contributed by atoms with van der Waals surface area (Å²) in [4.78, 5) is 18.8. The number of carbonyl (C=O) groups is 1. The Morgan fingerprint density at radius 2 is 1.82 bits per heavy atom. The van der Waals surface area contributed by atoms with Gasteiger partial charge in [-0.25, -0.2) is 4.79 Å². The Kier molecular flexibility index (Phi) is 5.34. The second kappa shape index (κ2) is 8.22. The van der Waals surface area contributed by atoms with Gasteiger partial charge in [0, 0.05) is 36.8 Å². The average Bonchev–Trinajstić information content (AvgIpc) is 3.25. The number of nitrogens with zero attached hydrogens (tertiary/aromatic N) is 3. The summed E-state index contributed by atoms with van der Waals surface area (Å²) >= 11 is 0. The Hall–Kier alpha value is -3.19. The molecular formula is C21H23N5O2. The fourth-order valence-corrected chi connectivity index (χ4v) is 3.36. The number of hydrogen-bond donors (Lipinski definition) is 2. The summed E-state index contributed by atoms with van der Waals surface area (Å²) in [5, 5.41) is 7.04. The third kappa shape index (κ3) is 4.04. The van der Waals surface area contributed by atoms with E-state index in [9.17, 15) is 4.79 Å². The number of rotatable bonds is 4. The molecule has 1 aliphatic heterocycles. The molecule has 7 nitrogen and oxygen atoms in total. The molecule has 3 N–H and O–H groups in total. The summed E-state index contributed by atoms with van der Waals surface area (Å²) in [6.07, 6.45) is 1.60. The second-order valence-electron chi connectivity index (χ2n) is 6.91. The van der Waals surface area contributed by atoms with E-state index in [1.807, 2.05) is 59.5 Å². The zero-order chi connectivity index (χ0) is 19.3. The van der Waals surface area contributed by atoms with Crippen molar-refractivity contribution in [3.05, 3.63) is 66.1 Å². The molecule has 2 amide bonds. The van der Waals surface area contributed by atoms with Gasteiger partial charge in [-0.05, 0) is 30.5 Å². The minimum Gasteiger partial charge on any atom is -0.339 e. The van der Waals surface area contributed by atoms with E-state index in [1.165, 1.54) is 0 Å². The predicted octanol–water partition coefficient (Wildman–Crippen LogP) is 3.61. The monoisotopic (exact) mass is 377 g/mol. The molecule has 0 spiro atoms. The van der Waals surface area contributed by atoms with Crippen LogP contribution in [0, 0.1) is 0 Å². The molecule has 1 fully saturated rings. The fourth-order valence-electron chi connectivity index (χ4n) is 3.36. The predicted molar refractivity (Wildman–Crippen MR) is 107 cm³/mol. The van der Waals surface area contributed by atoms with Gasteiger partial charge >= 0.3 is 6.03 Å². The Balaban J connectivity index is 1.35. The minimum atomic E-state index is -0.0733. The van der Waals surface area contributed by atoms with Crippen LogP contribution in [0.4, 0.5) is 10.5 Å². The topological polar surface area (TPSA) is 97.3 Å². The normalized spacial score (nSPS) is 14.8. The molecule has 4 rings (SSSR count). The van der Waals surface area contributed by atoms with Crippen molar-refractivity contribution in [2.45, 2.75) is 25.3 Å². The third-order valence-electron chi connectivity index (χ3n) is 5.05. The van der Waals surface area contributed by atoms with Gasteiger partial charge in [-0.2, -0.15) is 4.98 Å². The van der Waals surface area contributed by atoms with Gasteiger partial charge in [0.15, 0.2) is 0 Å². The number of amides is 2. The van der Waals surface area contributed by atoms with E-state index in [0.717, 1.165) is 29.7 Å². The standard InChI is InChI=1S/C21H23N5O2/c22-14-15-6-8-16(9-7-15)19-24-20(28-25-19)17-10-12-26(13-11-17)21(27)23-18-4-2-1-3-5-18/h1-9,17H,10-14,22H2,(H,23,27). The number of anilines is 1. The first-order valence-electron chi connectivity index (χ1n) is 9.47. The van der Waals surface area contributed by atoms with Gasteiger partial charge in [0.2, 0.25) is 11.7 Å². The highest BCUT2D eigenvalue weighted by Gasteiger charge is 2.27. The molecule has 3 aromatic rings. The van der Waals surface area contributed by atoms with E-state index in [0.29, 0.717) is 31.3 Å². The molecule has 0 saturated carbocycles. The van der Waals surface area contributed by atoms with Gasteiger partial charge in [-0.3, -0.25) is 0 Å². The summed E-state index contributed by atoms with van der Waals surface area (Å²) in [5.41, 5.74) is 8.41. The van der Waals surface area contributed by atoms with Gasteiger partial charge in [-0.1, -0.05) is 47.6 Å². The van der Waals surface area contributed by atoms with Crippen LogP contribution in [0.15, 0.2) is 59.1 Å². The van der Waals surface area contributed by atoms with Crippen molar-refractivity contribution < 1.29 is 9.32 Å². The summed E-state index contributed by atoms with van der Waals surface area (Å²) < 4.78 is 5.50. The van der Waals surface area contributed by atoms with Crippen molar-refractivity contribution in [3.8, 4) is 11.4 Å². The molecule has 0 aliphatic carbocycles. The van der Waals surface area contributed by atoms with Gasteiger partial charge < -0.3 is 20.5 Å².